The van der Waals surface area contributed by atoms with Crippen LogP contribution in [0.1, 0.15) is 37.3 Å². The lowest BCUT2D eigenvalue weighted by atomic mass is 9.58. The van der Waals surface area contributed by atoms with Crippen molar-refractivity contribution >= 4 is 5.91 Å². The Balaban J connectivity index is 1.49. The first-order valence-electron chi connectivity index (χ1n) is 10.2. The van der Waals surface area contributed by atoms with Gasteiger partial charge >= 0.3 is 0 Å². The summed E-state index contributed by atoms with van der Waals surface area (Å²) >= 11 is 0. The molecular formula is C19H29N7O. The number of nitrogens with zero attached hydrogens (tertiary/aromatic N) is 2. The van der Waals surface area contributed by atoms with Crippen LogP contribution in [0, 0.1) is 23.7 Å². The third-order valence-electron chi connectivity index (χ3n) is 7.42. The molecule has 2 saturated carbocycles. The average Bonchev–Trinajstić information content (AvgIpc) is 3.18. The van der Waals surface area contributed by atoms with Gasteiger partial charge in [0.05, 0.1) is 18.3 Å². The van der Waals surface area contributed by atoms with E-state index in [4.69, 9.17) is 5.73 Å². The van der Waals surface area contributed by atoms with Gasteiger partial charge in [-0.2, -0.15) is 0 Å². The van der Waals surface area contributed by atoms with Gasteiger partial charge in [0, 0.05) is 49.2 Å². The zero-order chi connectivity index (χ0) is 18.4. The van der Waals surface area contributed by atoms with E-state index in [9.17, 15) is 4.79 Å². The van der Waals surface area contributed by atoms with Gasteiger partial charge in [-0.1, -0.05) is 6.42 Å². The molecule has 2 aliphatic carbocycles. The number of rotatable bonds is 2. The van der Waals surface area contributed by atoms with E-state index >= 15 is 0 Å². The molecule has 4 aliphatic rings. The van der Waals surface area contributed by atoms with Crippen LogP contribution in [-0.4, -0.2) is 47.2 Å². The molecule has 0 radical (unpaired) electrons. The molecule has 0 spiro atoms. The molecular weight excluding hydrogens is 342 g/mol. The molecule has 8 unspecified atom stereocenters. The monoisotopic (exact) mass is 371 g/mol. The van der Waals surface area contributed by atoms with E-state index in [0.717, 1.165) is 18.7 Å². The van der Waals surface area contributed by atoms with Crippen LogP contribution in [-0.2, 0) is 4.79 Å². The molecule has 8 atom stereocenters. The molecule has 1 aromatic heterocycles. The van der Waals surface area contributed by atoms with Crippen LogP contribution in [0.25, 0.3) is 0 Å². The molecule has 4 fully saturated rings. The van der Waals surface area contributed by atoms with Crippen LogP contribution in [0.15, 0.2) is 18.6 Å². The van der Waals surface area contributed by atoms with Crippen LogP contribution >= 0.6 is 0 Å². The van der Waals surface area contributed by atoms with E-state index in [1.807, 2.05) is 6.20 Å². The predicted molar refractivity (Wildman–Crippen MR) is 100 cm³/mol. The van der Waals surface area contributed by atoms with Crippen LogP contribution in [0.3, 0.4) is 0 Å². The average molecular weight is 371 g/mol. The Morgan fingerprint density at radius 3 is 2.93 bits per heavy atom. The van der Waals surface area contributed by atoms with Gasteiger partial charge in [-0.25, -0.2) is 0 Å². The number of nitrogens with two attached hydrogens (primary N) is 1. The number of carbonyl (C=O) groups excluding carboxylic acids is 1. The molecule has 27 heavy (non-hydrogen) atoms. The minimum Gasteiger partial charge on any atom is -0.343 e. The van der Waals surface area contributed by atoms with Crippen molar-refractivity contribution in [1.82, 2.24) is 31.5 Å². The molecule has 3 heterocycles. The summed E-state index contributed by atoms with van der Waals surface area (Å²) < 4.78 is 0. The second-order valence-electron chi connectivity index (χ2n) is 8.58. The van der Waals surface area contributed by atoms with Crippen molar-refractivity contribution < 1.29 is 4.79 Å². The molecule has 6 N–H and O–H groups in total. The molecule has 0 aromatic carbocycles. The molecule has 5 rings (SSSR count). The van der Waals surface area contributed by atoms with Gasteiger partial charge in [-0.3, -0.25) is 30.9 Å². The number of hydrazine groups is 1. The molecule has 8 heteroatoms. The molecule has 0 bridgehead atoms. The zero-order valence-electron chi connectivity index (χ0n) is 15.5. The third kappa shape index (κ3) is 2.95. The Hall–Kier alpha value is -1.61. The smallest absolute Gasteiger partial charge is 0.227 e. The molecule has 2 aliphatic heterocycles. The van der Waals surface area contributed by atoms with Crippen molar-refractivity contribution in [3.05, 3.63) is 24.3 Å². The minimum atomic E-state index is -0.216. The Kier molecular flexibility index (Phi) is 4.59. The highest BCUT2D eigenvalue weighted by Crippen LogP contribution is 2.47. The SMILES string of the molecule is NC1C(C2CCCC3NNCC32)CC(c2cnccn2)C2NCNC(=O)C12. The van der Waals surface area contributed by atoms with Gasteiger partial charge in [0.1, 0.15) is 0 Å². The Bertz CT molecular complexity index is 686. The summed E-state index contributed by atoms with van der Waals surface area (Å²) in [5.41, 5.74) is 14.6. The predicted octanol–water partition coefficient (Wildman–Crippen LogP) is -0.538. The summed E-state index contributed by atoms with van der Waals surface area (Å²) in [6.45, 7) is 1.49. The van der Waals surface area contributed by atoms with E-state index in [2.05, 4.69) is 31.5 Å². The number of nitrogens with one attached hydrogen (secondary N) is 4. The van der Waals surface area contributed by atoms with Crippen molar-refractivity contribution in [3.63, 3.8) is 0 Å². The van der Waals surface area contributed by atoms with Gasteiger partial charge in [0.25, 0.3) is 0 Å². The fraction of sp³-hybridized carbons (Fsp3) is 0.737. The van der Waals surface area contributed by atoms with E-state index in [1.165, 1.54) is 19.3 Å². The van der Waals surface area contributed by atoms with Gasteiger partial charge < -0.3 is 11.1 Å². The summed E-state index contributed by atoms with van der Waals surface area (Å²) in [5.74, 6) is 1.48. The first-order chi connectivity index (χ1) is 13.2. The van der Waals surface area contributed by atoms with Gasteiger partial charge in [0.2, 0.25) is 5.91 Å². The van der Waals surface area contributed by atoms with Crippen molar-refractivity contribution in [3.8, 4) is 0 Å². The third-order valence-corrected chi connectivity index (χ3v) is 7.42. The van der Waals surface area contributed by atoms with E-state index in [-0.39, 0.29) is 29.8 Å². The van der Waals surface area contributed by atoms with Gasteiger partial charge in [0.15, 0.2) is 0 Å². The van der Waals surface area contributed by atoms with Gasteiger partial charge in [-0.15, -0.1) is 0 Å². The number of hydrogen-bond acceptors (Lipinski definition) is 7. The molecule has 146 valence electrons. The van der Waals surface area contributed by atoms with E-state index < -0.39 is 0 Å². The standard InChI is InChI=1S/C19H29N7O/c20-17-11(10-2-1-3-14-13(10)7-25-26-14)6-12(15-8-21-4-5-22-15)18-16(17)19(27)24-9-23-18/h4-5,8,10-14,16-18,23,25-26H,1-3,6-7,9,20H2,(H,24,27). The summed E-state index contributed by atoms with van der Waals surface area (Å²) in [6, 6.07) is 0.433. The lowest BCUT2D eigenvalue weighted by Crippen LogP contribution is -2.67. The lowest BCUT2D eigenvalue weighted by Gasteiger charge is -2.51. The molecule has 1 amide bonds. The largest absolute Gasteiger partial charge is 0.343 e. The second kappa shape index (κ2) is 7.09. The molecule has 2 saturated heterocycles. The number of fused-ring (bicyclic) bond motifs is 2. The number of hydrogen-bond donors (Lipinski definition) is 5. The van der Waals surface area contributed by atoms with Crippen LogP contribution < -0.4 is 27.2 Å². The Labute approximate surface area is 159 Å². The highest BCUT2D eigenvalue weighted by Gasteiger charge is 2.53. The summed E-state index contributed by atoms with van der Waals surface area (Å²) in [5, 5.41) is 6.46. The highest BCUT2D eigenvalue weighted by molar-refractivity contribution is 5.81. The highest BCUT2D eigenvalue weighted by atomic mass is 16.2. The Morgan fingerprint density at radius 1 is 1.15 bits per heavy atom. The van der Waals surface area contributed by atoms with Crippen LogP contribution in [0.4, 0.5) is 0 Å². The molecule has 1 aromatic rings. The summed E-state index contributed by atoms with van der Waals surface area (Å²) in [6.07, 6.45) is 9.91. The first kappa shape index (κ1) is 17.5. The summed E-state index contributed by atoms with van der Waals surface area (Å²) in [7, 11) is 0. The number of aromatic nitrogens is 2. The first-order valence-corrected chi connectivity index (χ1v) is 10.2. The quantitative estimate of drug-likeness (QED) is 0.474. The topological polar surface area (TPSA) is 117 Å². The number of carbonyl (C=O) groups is 1. The fourth-order valence-electron chi connectivity index (χ4n) is 6.21. The summed E-state index contributed by atoms with van der Waals surface area (Å²) in [4.78, 5) is 21.7. The number of amides is 1. The lowest BCUT2D eigenvalue weighted by molar-refractivity contribution is -0.132. The fourth-order valence-corrected chi connectivity index (χ4v) is 6.21. The zero-order valence-corrected chi connectivity index (χ0v) is 15.5. The van der Waals surface area contributed by atoms with Crippen molar-refractivity contribution in [2.24, 2.45) is 29.4 Å². The van der Waals surface area contributed by atoms with Crippen LogP contribution in [0.2, 0.25) is 0 Å². The maximum absolute atomic E-state index is 12.8. The maximum Gasteiger partial charge on any atom is 0.227 e. The molecule has 8 nitrogen and oxygen atoms in total. The van der Waals surface area contributed by atoms with E-state index in [0.29, 0.717) is 30.5 Å². The van der Waals surface area contributed by atoms with Gasteiger partial charge in [-0.05, 0) is 37.0 Å². The van der Waals surface area contributed by atoms with Crippen molar-refractivity contribution in [2.45, 2.75) is 49.7 Å². The van der Waals surface area contributed by atoms with Crippen molar-refractivity contribution in [1.29, 1.82) is 0 Å². The van der Waals surface area contributed by atoms with E-state index in [1.54, 1.807) is 12.4 Å². The minimum absolute atomic E-state index is 0.0286. The van der Waals surface area contributed by atoms with Crippen molar-refractivity contribution in [2.75, 3.05) is 13.2 Å². The normalized spacial score (nSPS) is 44.3. The van der Waals surface area contributed by atoms with Crippen LogP contribution in [0.5, 0.6) is 0 Å². The Morgan fingerprint density at radius 2 is 2.07 bits per heavy atom. The second-order valence-corrected chi connectivity index (χ2v) is 8.58. The maximum atomic E-state index is 12.8.